The van der Waals surface area contributed by atoms with Crippen molar-refractivity contribution in [2.24, 2.45) is 5.92 Å². The Bertz CT molecular complexity index is 1350. The van der Waals surface area contributed by atoms with Gasteiger partial charge in [-0.3, -0.25) is 4.79 Å². The third kappa shape index (κ3) is 4.74. The minimum Gasteiger partial charge on any atom is -0.493 e. The van der Waals surface area contributed by atoms with Crippen molar-refractivity contribution in [1.82, 2.24) is 9.55 Å². The van der Waals surface area contributed by atoms with Crippen LogP contribution in [0, 0.1) is 19.8 Å². The van der Waals surface area contributed by atoms with E-state index in [0.717, 1.165) is 30.3 Å². The number of aromatic nitrogens is 2. The van der Waals surface area contributed by atoms with Gasteiger partial charge in [-0.2, -0.15) is 0 Å². The number of pyridine rings is 1. The monoisotopic (exact) mass is 480 g/mol. The van der Waals surface area contributed by atoms with E-state index < -0.39 is 29.4 Å². The number of hydrogen-bond donors (Lipinski definition) is 0. The number of benzene rings is 1. The first-order valence-electron chi connectivity index (χ1n) is 12.1. The maximum atomic E-state index is 13.2. The number of rotatable bonds is 7. The van der Waals surface area contributed by atoms with Crippen molar-refractivity contribution in [2.45, 2.75) is 71.4 Å². The topological polar surface area (TPSA) is 101 Å². The van der Waals surface area contributed by atoms with E-state index in [1.807, 2.05) is 6.92 Å². The third-order valence-corrected chi connectivity index (χ3v) is 7.12. The Hall–Kier alpha value is -3.42. The SMILES string of the molecule is COc1ccnc2c(=O)n([C@@H](C)C(=O)O[C@@H](C)[C@@H](c3ccc(C)cc3C)C3CCCC3)c(=O)oc12. The van der Waals surface area contributed by atoms with Crippen LogP contribution < -0.4 is 16.1 Å². The molecule has 8 nitrogen and oxygen atoms in total. The van der Waals surface area contributed by atoms with E-state index in [4.69, 9.17) is 13.9 Å². The predicted octanol–water partition coefficient (Wildman–Crippen LogP) is 4.44. The van der Waals surface area contributed by atoms with Crippen LogP contribution in [0.2, 0.25) is 0 Å². The molecule has 0 unspecified atom stereocenters. The molecule has 4 rings (SSSR count). The molecule has 1 aliphatic rings. The zero-order valence-corrected chi connectivity index (χ0v) is 20.9. The Morgan fingerprint density at radius 2 is 1.86 bits per heavy atom. The number of carbonyl (C=O) groups excluding carboxylic acids is 1. The zero-order chi connectivity index (χ0) is 25.3. The lowest BCUT2D eigenvalue weighted by molar-refractivity contribution is -0.153. The maximum absolute atomic E-state index is 13.2. The van der Waals surface area contributed by atoms with Gasteiger partial charge in [0.25, 0.3) is 5.56 Å². The van der Waals surface area contributed by atoms with Gasteiger partial charge >= 0.3 is 11.7 Å². The molecule has 0 N–H and O–H groups in total. The molecule has 3 atom stereocenters. The smallest absolute Gasteiger partial charge is 0.423 e. The van der Waals surface area contributed by atoms with Gasteiger partial charge in [0.1, 0.15) is 12.1 Å². The van der Waals surface area contributed by atoms with Gasteiger partial charge in [0.05, 0.1) is 7.11 Å². The number of methoxy groups -OCH3 is 1. The van der Waals surface area contributed by atoms with Crippen molar-refractivity contribution in [3.05, 3.63) is 68.1 Å². The minimum atomic E-state index is -1.18. The molecule has 0 amide bonds. The third-order valence-electron chi connectivity index (χ3n) is 7.12. The van der Waals surface area contributed by atoms with E-state index in [-0.39, 0.29) is 22.8 Å². The second-order valence-corrected chi connectivity index (χ2v) is 9.48. The molecule has 0 radical (unpaired) electrons. The molecule has 3 aromatic rings. The molecule has 1 fully saturated rings. The number of fused-ring (bicyclic) bond motifs is 1. The molecular formula is C27H32N2O6. The number of esters is 1. The fourth-order valence-corrected chi connectivity index (χ4v) is 5.38. The van der Waals surface area contributed by atoms with Gasteiger partial charge in [-0.25, -0.2) is 19.1 Å². The summed E-state index contributed by atoms with van der Waals surface area (Å²) in [6.45, 7) is 7.50. The van der Waals surface area contributed by atoms with Gasteiger partial charge in [0.2, 0.25) is 5.58 Å². The molecule has 1 saturated carbocycles. The number of ether oxygens (including phenoxy) is 2. The fraction of sp³-hybridized carbons (Fsp3) is 0.481. The Labute approximate surface area is 203 Å². The average molecular weight is 481 g/mol. The maximum Gasteiger partial charge on any atom is 0.423 e. The first-order valence-corrected chi connectivity index (χ1v) is 12.1. The molecule has 8 heteroatoms. The highest BCUT2D eigenvalue weighted by Gasteiger charge is 2.35. The molecule has 2 heterocycles. The van der Waals surface area contributed by atoms with Crippen molar-refractivity contribution in [1.29, 1.82) is 0 Å². The predicted molar refractivity (Wildman–Crippen MR) is 132 cm³/mol. The molecule has 0 spiro atoms. The number of hydrogen-bond acceptors (Lipinski definition) is 7. The van der Waals surface area contributed by atoms with E-state index in [1.54, 1.807) is 0 Å². The summed E-state index contributed by atoms with van der Waals surface area (Å²) in [6.07, 6.45) is 5.43. The Morgan fingerprint density at radius 3 is 2.51 bits per heavy atom. The van der Waals surface area contributed by atoms with E-state index in [2.05, 4.69) is 37.0 Å². The number of nitrogens with zero attached hydrogens (tertiary/aromatic N) is 2. The lowest BCUT2D eigenvalue weighted by atomic mass is 9.79. The van der Waals surface area contributed by atoms with Crippen LogP contribution in [0.5, 0.6) is 5.75 Å². The first-order chi connectivity index (χ1) is 16.7. The van der Waals surface area contributed by atoms with Crippen LogP contribution in [-0.4, -0.2) is 28.7 Å². The highest BCUT2D eigenvalue weighted by Crippen LogP contribution is 2.41. The Balaban J connectivity index is 1.64. The summed E-state index contributed by atoms with van der Waals surface area (Å²) in [7, 11) is 1.40. The molecule has 0 aliphatic heterocycles. The Kier molecular flexibility index (Phi) is 7.10. The normalized spacial score (nSPS) is 16.7. The van der Waals surface area contributed by atoms with Crippen molar-refractivity contribution in [3.8, 4) is 5.75 Å². The molecule has 0 saturated heterocycles. The molecule has 2 aromatic heterocycles. The number of aryl methyl sites for hydroxylation is 2. The molecule has 0 bridgehead atoms. The summed E-state index contributed by atoms with van der Waals surface area (Å²) >= 11 is 0. The van der Waals surface area contributed by atoms with Gasteiger partial charge in [-0.05, 0) is 57.6 Å². The van der Waals surface area contributed by atoms with Gasteiger partial charge in [-0.15, -0.1) is 0 Å². The average Bonchev–Trinajstić information content (AvgIpc) is 3.34. The van der Waals surface area contributed by atoms with Crippen LogP contribution in [0.4, 0.5) is 0 Å². The second-order valence-electron chi connectivity index (χ2n) is 9.48. The van der Waals surface area contributed by atoms with Crippen LogP contribution in [0.3, 0.4) is 0 Å². The van der Waals surface area contributed by atoms with E-state index in [1.165, 1.54) is 43.0 Å². The summed E-state index contributed by atoms with van der Waals surface area (Å²) < 4.78 is 17.1. The van der Waals surface area contributed by atoms with Crippen molar-refractivity contribution in [2.75, 3.05) is 7.11 Å². The highest BCUT2D eigenvalue weighted by atomic mass is 16.5. The van der Waals surface area contributed by atoms with Crippen molar-refractivity contribution < 1.29 is 18.7 Å². The summed E-state index contributed by atoms with van der Waals surface area (Å²) in [4.78, 5) is 43.0. The molecule has 35 heavy (non-hydrogen) atoms. The molecule has 1 aliphatic carbocycles. The first kappa shape index (κ1) is 24.7. The summed E-state index contributed by atoms with van der Waals surface area (Å²) in [6, 6.07) is 6.67. The van der Waals surface area contributed by atoms with E-state index >= 15 is 0 Å². The molecular weight excluding hydrogens is 448 g/mol. The van der Waals surface area contributed by atoms with Gasteiger partial charge in [0, 0.05) is 18.2 Å². The van der Waals surface area contributed by atoms with E-state index in [9.17, 15) is 14.4 Å². The lowest BCUT2D eigenvalue weighted by Crippen LogP contribution is -2.40. The van der Waals surface area contributed by atoms with Crippen molar-refractivity contribution in [3.63, 3.8) is 0 Å². The van der Waals surface area contributed by atoms with Gasteiger partial charge in [0.15, 0.2) is 11.3 Å². The number of carbonyl (C=O) groups is 1. The summed E-state index contributed by atoms with van der Waals surface area (Å²) in [5, 5.41) is 0. The van der Waals surface area contributed by atoms with Crippen LogP contribution in [0.25, 0.3) is 11.1 Å². The molecule has 1 aromatic carbocycles. The van der Waals surface area contributed by atoms with Crippen molar-refractivity contribution >= 4 is 17.1 Å². The lowest BCUT2D eigenvalue weighted by Gasteiger charge is -2.31. The fourth-order valence-electron chi connectivity index (χ4n) is 5.38. The largest absolute Gasteiger partial charge is 0.493 e. The second kappa shape index (κ2) is 10.1. The van der Waals surface area contributed by atoms with E-state index in [0.29, 0.717) is 5.92 Å². The van der Waals surface area contributed by atoms with Gasteiger partial charge in [-0.1, -0.05) is 36.6 Å². The quantitative estimate of drug-likeness (QED) is 0.461. The highest BCUT2D eigenvalue weighted by molar-refractivity contribution is 5.78. The van der Waals surface area contributed by atoms with Crippen LogP contribution in [-0.2, 0) is 9.53 Å². The Morgan fingerprint density at radius 1 is 1.14 bits per heavy atom. The van der Waals surface area contributed by atoms with Gasteiger partial charge < -0.3 is 13.9 Å². The zero-order valence-electron chi connectivity index (χ0n) is 20.9. The molecule has 186 valence electrons. The summed E-state index contributed by atoms with van der Waals surface area (Å²) in [5.74, 6) is -0.979. The minimum absolute atomic E-state index is 0.0323. The standard InChI is InChI=1S/C27H32N2O6/c1-15-10-11-20(16(2)14-15)22(19-8-6-7-9-19)18(4)34-26(31)17(3)29-25(30)23-24(35-27(29)32)21(33-5)12-13-28-23/h10-14,17-19,22H,6-9H2,1-5H3/t17-,18-,22+/m0/s1. The van der Waals surface area contributed by atoms with Crippen LogP contribution >= 0.6 is 0 Å². The summed E-state index contributed by atoms with van der Waals surface area (Å²) in [5.41, 5.74) is 2.66. The van der Waals surface area contributed by atoms with Crippen LogP contribution in [0.15, 0.2) is 44.5 Å². The van der Waals surface area contributed by atoms with Crippen LogP contribution in [0.1, 0.15) is 68.2 Å².